The molecule has 1 saturated heterocycles. The van der Waals surface area contributed by atoms with Gasteiger partial charge in [0.15, 0.2) is 0 Å². The van der Waals surface area contributed by atoms with Gasteiger partial charge in [-0.15, -0.1) is 0 Å². The van der Waals surface area contributed by atoms with Gasteiger partial charge < -0.3 is 19.3 Å². The highest BCUT2D eigenvalue weighted by Gasteiger charge is 2.34. The van der Waals surface area contributed by atoms with Gasteiger partial charge in [-0.05, 0) is 48.4 Å². The summed E-state index contributed by atoms with van der Waals surface area (Å²) in [6.45, 7) is 2.99. The fourth-order valence-electron chi connectivity index (χ4n) is 6.66. The van der Waals surface area contributed by atoms with Gasteiger partial charge in [0.05, 0.1) is 30.4 Å². The Balaban J connectivity index is 1.56. The average molecular weight is 487 g/mol. The van der Waals surface area contributed by atoms with Crippen molar-refractivity contribution in [2.45, 2.75) is 57.4 Å². The Morgan fingerprint density at radius 1 is 0.944 bits per heavy atom. The van der Waals surface area contributed by atoms with Gasteiger partial charge in [0.2, 0.25) is 5.91 Å². The second-order valence-corrected chi connectivity index (χ2v) is 10.6. The molecule has 1 aliphatic carbocycles. The lowest BCUT2D eigenvalue weighted by atomic mass is 9.86. The minimum absolute atomic E-state index is 0.174. The van der Waals surface area contributed by atoms with Crippen molar-refractivity contribution in [1.82, 2.24) is 9.47 Å². The van der Waals surface area contributed by atoms with Crippen LogP contribution in [0.2, 0.25) is 0 Å². The van der Waals surface area contributed by atoms with Crippen molar-refractivity contribution in [2.24, 2.45) is 5.92 Å². The van der Waals surface area contributed by atoms with Crippen molar-refractivity contribution in [3.8, 4) is 11.3 Å². The number of hydrogen-bond acceptors (Lipinski definition) is 3. The molecule has 2 aliphatic heterocycles. The van der Waals surface area contributed by atoms with E-state index in [1.165, 1.54) is 48.1 Å². The van der Waals surface area contributed by atoms with Gasteiger partial charge in [0, 0.05) is 36.1 Å². The first kappa shape index (κ1) is 23.3. The molecule has 0 spiro atoms. The summed E-state index contributed by atoms with van der Waals surface area (Å²) in [5.41, 5.74) is 6.20. The van der Waals surface area contributed by atoms with E-state index in [1.807, 2.05) is 17.0 Å². The van der Waals surface area contributed by atoms with E-state index in [4.69, 9.17) is 4.74 Å². The zero-order valence-electron chi connectivity index (χ0n) is 20.7. The maximum atomic E-state index is 13.8. The molecule has 1 unspecified atom stereocenters. The van der Waals surface area contributed by atoms with Crippen LogP contribution < -0.4 is 0 Å². The number of amides is 1. The van der Waals surface area contributed by atoms with Crippen molar-refractivity contribution in [2.75, 3.05) is 26.3 Å². The molecule has 3 aliphatic rings. The van der Waals surface area contributed by atoms with E-state index in [0.717, 1.165) is 23.7 Å². The Morgan fingerprint density at radius 3 is 2.44 bits per heavy atom. The number of carbonyl (C=O) groups is 2. The predicted molar refractivity (Wildman–Crippen MR) is 139 cm³/mol. The fourth-order valence-corrected chi connectivity index (χ4v) is 6.66. The van der Waals surface area contributed by atoms with Crippen molar-refractivity contribution >= 4 is 22.8 Å². The van der Waals surface area contributed by atoms with E-state index >= 15 is 0 Å². The topological polar surface area (TPSA) is 71.8 Å². The molecule has 3 heterocycles. The van der Waals surface area contributed by atoms with Crippen molar-refractivity contribution < 1.29 is 19.4 Å². The van der Waals surface area contributed by atoms with E-state index in [1.54, 1.807) is 6.07 Å². The largest absolute Gasteiger partial charge is 0.478 e. The van der Waals surface area contributed by atoms with Crippen LogP contribution in [0.3, 0.4) is 0 Å². The summed E-state index contributed by atoms with van der Waals surface area (Å²) in [4.78, 5) is 27.6. The van der Waals surface area contributed by atoms with Gasteiger partial charge in [0.1, 0.15) is 0 Å². The number of nitrogens with zero attached hydrogens (tertiary/aromatic N) is 2. The molecule has 1 atom stereocenters. The zero-order chi connectivity index (χ0) is 24.6. The highest BCUT2D eigenvalue weighted by molar-refractivity contribution is 5.99. The van der Waals surface area contributed by atoms with Crippen LogP contribution in [-0.2, 0) is 22.5 Å². The summed E-state index contributed by atoms with van der Waals surface area (Å²) in [7, 11) is 0. The first-order valence-electron chi connectivity index (χ1n) is 13.5. The number of aromatic carboxylic acids is 1. The minimum Gasteiger partial charge on any atom is -0.478 e. The highest BCUT2D eigenvalue weighted by atomic mass is 16.5. The number of benzene rings is 2. The molecule has 6 heteroatoms. The number of fused-ring (bicyclic) bond motifs is 5. The standard InChI is InChI=1S/C30H34N2O4/c33-29(31-13-15-36-16-14-31)23-17-21-9-5-6-10-24(21)28-27(20-7-3-1-2-4-8-20)25-12-11-22(30(34)35)18-26(25)32(28)19-23/h5-6,9-12,18,20,23H,1-4,7-8,13-17,19H2,(H,34,35). The van der Waals surface area contributed by atoms with Crippen LogP contribution in [0, 0.1) is 5.92 Å². The molecule has 1 saturated carbocycles. The van der Waals surface area contributed by atoms with E-state index in [0.29, 0.717) is 50.8 Å². The molecule has 2 fully saturated rings. The minimum atomic E-state index is -0.918. The summed E-state index contributed by atoms with van der Waals surface area (Å²) in [6.07, 6.45) is 8.02. The van der Waals surface area contributed by atoms with Crippen LogP contribution in [0.25, 0.3) is 22.2 Å². The third kappa shape index (κ3) is 4.11. The summed E-state index contributed by atoms with van der Waals surface area (Å²) in [6, 6.07) is 14.1. The molecule has 3 aromatic rings. The number of morpholine rings is 1. The number of rotatable bonds is 3. The number of hydrogen-bond donors (Lipinski definition) is 1. The maximum absolute atomic E-state index is 13.8. The number of carboxylic acids is 1. The lowest BCUT2D eigenvalue weighted by molar-refractivity contribution is -0.140. The van der Waals surface area contributed by atoms with Gasteiger partial charge in [-0.25, -0.2) is 4.79 Å². The monoisotopic (exact) mass is 486 g/mol. The van der Waals surface area contributed by atoms with Crippen molar-refractivity contribution in [3.05, 3.63) is 59.2 Å². The predicted octanol–water partition coefficient (Wildman–Crippen LogP) is 5.48. The van der Waals surface area contributed by atoms with Gasteiger partial charge in [-0.2, -0.15) is 0 Å². The van der Waals surface area contributed by atoms with Crippen LogP contribution in [0.5, 0.6) is 0 Å². The summed E-state index contributed by atoms with van der Waals surface area (Å²) in [5, 5.41) is 10.9. The average Bonchev–Trinajstić information content (AvgIpc) is 3.08. The van der Waals surface area contributed by atoms with Crippen LogP contribution in [0.15, 0.2) is 42.5 Å². The smallest absolute Gasteiger partial charge is 0.335 e. The fraction of sp³-hybridized carbons (Fsp3) is 0.467. The van der Waals surface area contributed by atoms with E-state index in [9.17, 15) is 14.7 Å². The molecular weight excluding hydrogens is 452 g/mol. The van der Waals surface area contributed by atoms with E-state index < -0.39 is 5.97 Å². The quantitative estimate of drug-likeness (QED) is 0.498. The normalized spacial score (nSPS) is 20.9. The van der Waals surface area contributed by atoms with E-state index in [2.05, 4.69) is 28.8 Å². The van der Waals surface area contributed by atoms with E-state index in [-0.39, 0.29) is 11.8 Å². The first-order chi connectivity index (χ1) is 17.6. The zero-order valence-corrected chi connectivity index (χ0v) is 20.7. The van der Waals surface area contributed by atoms with Gasteiger partial charge >= 0.3 is 5.97 Å². The van der Waals surface area contributed by atoms with Crippen LogP contribution in [0.1, 0.15) is 65.9 Å². The molecule has 0 radical (unpaired) electrons. The maximum Gasteiger partial charge on any atom is 0.335 e. The Kier molecular flexibility index (Phi) is 6.30. The first-order valence-corrected chi connectivity index (χ1v) is 13.5. The Labute approximate surface area is 211 Å². The molecule has 36 heavy (non-hydrogen) atoms. The number of carboxylic acid groups (broad SMARTS) is 1. The SMILES string of the molecule is O=C(O)c1ccc2c(C3CCCCCC3)c3n(c2c1)CC(C(=O)N1CCOCC1)Cc1ccccc1-3. The number of ether oxygens (including phenoxy) is 1. The lowest BCUT2D eigenvalue weighted by Crippen LogP contribution is -2.45. The molecule has 6 rings (SSSR count). The lowest BCUT2D eigenvalue weighted by Gasteiger charge is -2.30. The van der Waals surface area contributed by atoms with Gasteiger partial charge in [-0.3, -0.25) is 4.79 Å². The Morgan fingerprint density at radius 2 is 1.69 bits per heavy atom. The molecule has 0 bridgehead atoms. The molecule has 1 amide bonds. The van der Waals surface area contributed by atoms with Crippen LogP contribution in [-0.4, -0.2) is 52.8 Å². The molecule has 6 nitrogen and oxygen atoms in total. The van der Waals surface area contributed by atoms with Crippen LogP contribution >= 0.6 is 0 Å². The molecule has 1 N–H and O–H groups in total. The highest BCUT2D eigenvalue weighted by Crippen LogP contribution is 2.46. The second-order valence-electron chi connectivity index (χ2n) is 10.6. The van der Waals surface area contributed by atoms with Crippen LogP contribution in [0.4, 0.5) is 0 Å². The summed E-state index contributed by atoms with van der Waals surface area (Å²) < 4.78 is 7.78. The number of aromatic nitrogens is 1. The van der Waals surface area contributed by atoms with Crippen molar-refractivity contribution in [1.29, 1.82) is 0 Å². The molecule has 1 aromatic heterocycles. The molecular formula is C30H34N2O4. The van der Waals surface area contributed by atoms with Gasteiger partial charge in [-0.1, -0.05) is 56.0 Å². The second kappa shape index (κ2) is 9.74. The summed E-state index contributed by atoms with van der Waals surface area (Å²) >= 11 is 0. The third-order valence-electron chi connectivity index (χ3n) is 8.43. The molecule has 188 valence electrons. The van der Waals surface area contributed by atoms with Gasteiger partial charge in [0.25, 0.3) is 0 Å². The molecule has 2 aromatic carbocycles. The Bertz CT molecular complexity index is 1300. The number of carbonyl (C=O) groups excluding carboxylic acids is 1. The van der Waals surface area contributed by atoms with Crippen molar-refractivity contribution in [3.63, 3.8) is 0 Å². The Hall–Kier alpha value is -3.12. The third-order valence-corrected chi connectivity index (χ3v) is 8.43. The summed E-state index contributed by atoms with van der Waals surface area (Å²) in [5.74, 6) is -0.496.